The van der Waals surface area contributed by atoms with E-state index in [0.29, 0.717) is 0 Å². The maximum absolute atomic E-state index is 5.78. The average molecular weight is 230 g/mol. The third-order valence-electron chi connectivity index (χ3n) is 2.55. The Morgan fingerprint density at radius 3 is 2.82 bits per heavy atom. The lowest BCUT2D eigenvalue weighted by molar-refractivity contribution is 0.245. The van der Waals surface area contributed by atoms with Gasteiger partial charge in [0.2, 0.25) is 0 Å². The number of benzene rings is 1. The Morgan fingerprint density at radius 2 is 2.12 bits per heavy atom. The van der Waals surface area contributed by atoms with E-state index in [1.807, 2.05) is 33.0 Å². The number of nitrogens with one attached hydrogen (secondary N) is 1. The molecule has 90 valence electrons. The standard InChI is InChI=1S/C14H18N2O/c1-10(2)17-13-7-6-11(9-15-3)12-5-4-8-16-14(12)13/h4-8,10,15H,9H2,1-3H3. The first-order valence-corrected chi connectivity index (χ1v) is 5.90. The molecule has 0 aliphatic heterocycles. The Morgan fingerprint density at radius 1 is 1.29 bits per heavy atom. The minimum Gasteiger partial charge on any atom is -0.489 e. The summed E-state index contributed by atoms with van der Waals surface area (Å²) in [7, 11) is 1.95. The van der Waals surface area contributed by atoms with Crippen LogP contribution >= 0.6 is 0 Å². The van der Waals surface area contributed by atoms with Gasteiger partial charge in [-0.3, -0.25) is 4.98 Å². The third-order valence-corrected chi connectivity index (χ3v) is 2.55. The zero-order valence-electron chi connectivity index (χ0n) is 10.5. The molecule has 0 aliphatic rings. The molecule has 17 heavy (non-hydrogen) atoms. The first-order valence-electron chi connectivity index (χ1n) is 5.90. The molecule has 0 aliphatic carbocycles. The van der Waals surface area contributed by atoms with Gasteiger partial charge in [-0.2, -0.15) is 0 Å². The van der Waals surface area contributed by atoms with Crippen LogP contribution in [0.5, 0.6) is 5.75 Å². The lowest BCUT2D eigenvalue weighted by atomic mass is 10.1. The Bertz CT molecular complexity index is 509. The Labute approximate surface area is 102 Å². The molecule has 3 heteroatoms. The minimum absolute atomic E-state index is 0.162. The van der Waals surface area contributed by atoms with Crippen LogP contribution in [0.15, 0.2) is 30.5 Å². The van der Waals surface area contributed by atoms with E-state index in [9.17, 15) is 0 Å². The first-order chi connectivity index (χ1) is 8.22. The highest BCUT2D eigenvalue weighted by molar-refractivity contribution is 5.87. The van der Waals surface area contributed by atoms with Crippen LogP contribution in [0.4, 0.5) is 0 Å². The van der Waals surface area contributed by atoms with E-state index < -0.39 is 0 Å². The van der Waals surface area contributed by atoms with Crippen LogP contribution in [0.25, 0.3) is 10.9 Å². The molecule has 0 atom stereocenters. The maximum atomic E-state index is 5.78. The molecule has 0 spiro atoms. The van der Waals surface area contributed by atoms with E-state index in [2.05, 4.69) is 22.4 Å². The first kappa shape index (κ1) is 11.9. The quantitative estimate of drug-likeness (QED) is 0.877. The molecule has 2 rings (SSSR count). The van der Waals surface area contributed by atoms with Crippen molar-refractivity contribution in [2.45, 2.75) is 26.5 Å². The Kier molecular flexibility index (Phi) is 3.59. The van der Waals surface area contributed by atoms with Gasteiger partial charge in [0.25, 0.3) is 0 Å². The van der Waals surface area contributed by atoms with Gasteiger partial charge >= 0.3 is 0 Å². The average Bonchev–Trinajstić information content (AvgIpc) is 2.32. The van der Waals surface area contributed by atoms with E-state index in [0.717, 1.165) is 23.2 Å². The fourth-order valence-electron chi connectivity index (χ4n) is 1.90. The Hall–Kier alpha value is -1.61. The molecule has 0 saturated carbocycles. The zero-order valence-corrected chi connectivity index (χ0v) is 10.5. The topological polar surface area (TPSA) is 34.1 Å². The van der Waals surface area contributed by atoms with E-state index in [1.54, 1.807) is 6.20 Å². The second-order valence-electron chi connectivity index (χ2n) is 4.32. The molecule has 0 amide bonds. The second kappa shape index (κ2) is 5.15. The molecular formula is C14H18N2O. The maximum Gasteiger partial charge on any atom is 0.145 e. The zero-order chi connectivity index (χ0) is 12.3. The highest BCUT2D eigenvalue weighted by atomic mass is 16.5. The number of rotatable bonds is 4. The molecular weight excluding hydrogens is 212 g/mol. The second-order valence-corrected chi connectivity index (χ2v) is 4.32. The third kappa shape index (κ3) is 2.56. The van der Waals surface area contributed by atoms with Gasteiger partial charge in [0.1, 0.15) is 11.3 Å². The summed E-state index contributed by atoms with van der Waals surface area (Å²) in [6, 6.07) is 8.14. The van der Waals surface area contributed by atoms with Crippen molar-refractivity contribution in [3.05, 3.63) is 36.0 Å². The molecule has 1 N–H and O–H groups in total. The molecule has 2 aromatic rings. The monoisotopic (exact) mass is 230 g/mol. The van der Waals surface area contributed by atoms with Crippen molar-refractivity contribution in [3.63, 3.8) is 0 Å². The van der Waals surface area contributed by atoms with Crippen LogP contribution in [0.3, 0.4) is 0 Å². The summed E-state index contributed by atoms with van der Waals surface area (Å²) in [4.78, 5) is 4.42. The number of fused-ring (bicyclic) bond motifs is 1. The van der Waals surface area contributed by atoms with Gasteiger partial charge < -0.3 is 10.1 Å². The van der Waals surface area contributed by atoms with Crippen molar-refractivity contribution in [3.8, 4) is 5.75 Å². The van der Waals surface area contributed by atoms with Gasteiger partial charge in [0.05, 0.1) is 6.10 Å². The van der Waals surface area contributed by atoms with Crippen molar-refractivity contribution >= 4 is 10.9 Å². The van der Waals surface area contributed by atoms with E-state index >= 15 is 0 Å². The molecule has 0 unspecified atom stereocenters. The molecule has 0 radical (unpaired) electrons. The normalized spacial score (nSPS) is 11.1. The molecule has 0 fully saturated rings. The van der Waals surface area contributed by atoms with Crippen LogP contribution in [-0.4, -0.2) is 18.1 Å². The van der Waals surface area contributed by atoms with Gasteiger partial charge in [-0.05, 0) is 38.6 Å². The number of ether oxygens (including phenoxy) is 1. The summed E-state index contributed by atoms with van der Waals surface area (Å²) in [5.41, 5.74) is 2.18. The fourth-order valence-corrected chi connectivity index (χ4v) is 1.90. The minimum atomic E-state index is 0.162. The van der Waals surface area contributed by atoms with Crippen LogP contribution in [0.1, 0.15) is 19.4 Å². The fraction of sp³-hybridized carbons (Fsp3) is 0.357. The summed E-state index contributed by atoms with van der Waals surface area (Å²) in [6.07, 6.45) is 1.97. The summed E-state index contributed by atoms with van der Waals surface area (Å²) in [6.45, 7) is 4.89. The number of pyridine rings is 1. The number of aromatic nitrogens is 1. The SMILES string of the molecule is CNCc1ccc(OC(C)C)c2ncccc12. The molecule has 1 aromatic heterocycles. The van der Waals surface area contributed by atoms with Crippen LogP contribution in [0.2, 0.25) is 0 Å². The van der Waals surface area contributed by atoms with Crippen molar-refractivity contribution in [1.82, 2.24) is 10.3 Å². The predicted octanol–water partition coefficient (Wildman–Crippen LogP) is 2.74. The van der Waals surface area contributed by atoms with Gasteiger partial charge in [-0.1, -0.05) is 12.1 Å². The van der Waals surface area contributed by atoms with Crippen molar-refractivity contribution in [1.29, 1.82) is 0 Å². The summed E-state index contributed by atoms with van der Waals surface area (Å²) >= 11 is 0. The van der Waals surface area contributed by atoms with Crippen molar-refractivity contribution in [2.75, 3.05) is 7.05 Å². The summed E-state index contributed by atoms with van der Waals surface area (Å²) < 4.78 is 5.78. The summed E-state index contributed by atoms with van der Waals surface area (Å²) in [5.74, 6) is 0.857. The van der Waals surface area contributed by atoms with E-state index in [4.69, 9.17) is 4.74 Å². The number of hydrogen-bond acceptors (Lipinski definition) is 3. The highest BCUT2D eigenvalue weighted by Crippen LogP contribution is 2.27. The van der Waals surface area contributed by atoms with Gasteiger partial charge in [-0.25, -0.2) is 0 Å². The molecule has 1 heterocycles. The number of nitrogens with zero attached hydrogens (tertiary/aromatic N) is 1. The van der Waals surface area contributed by atoms with Gasteiger partial charge in [-0.15, -0.1) is 0 Å². The lowest BCUT2D eigenvalue weighted by Gasteiger charge is -2.13. The Balaban J connectivity index is 2.54. The number of hydrogen-bond donors (Lipinski definition) is 1. The smallest absolute Gasteiger partial charge is 0.145 e. The van der Waals surface area contributed by atoms with Gasteiger partial charge in [0, 0.05) is 18.1 Å². The summed E-state index contributed by atoms with van der Waals surface area (Å²) in [5, 5.41) is 4.32. The van der Waals surface area contributed by atoms with Gasteiger partial charge in [0.15, 0.2) is 0 Å². The molecule has 3 nitrogen and oxygen atoms in total. The molecule has 1 aromatic carbocycles. The highest BCUT2D eigenvalue weighted by Gasteiger charge is 2.08. The van der Waals surface area contributed by atoms with Crippen molar-refractivity contribution in [2.24, 2.45) is 0 Å². The predicted molar refractivity (Wildman–Crippen MR) is 70.3 cm³/mol. The van der Waals surface area contributed by atoms with Crippen LogP contribution < -0.4 is 10.1 Å². The lowest BCUT2D eigenvalue weighted by Crippen LogP contribution is -2.08. The molecule has 0 bridgehead atoms. The van der Waals surface area contributed by atoms with Crippen molar-refractivity contribution < 1.29 is 4.74 Å². The van der Waals surface area contributed by atoms with E-state index in [1.165, 1.54) is 5.56 Å². The van der Waals surface area contributed by atoms with Crippen LogP contribution in [-0.2, 0) is 6.54 Å². The van der Waals surface area contributed by atoms with E-state index in [-0.39, 0.29) is 6.10 Å². The largest absolute Gasteiger partial charge is 0.489 e. The molecule has 0 saturated heterocycles. The van der Waals surface area contributed by atoms with Crippen LogP contribution in [0, 0.1) is 0 Å².